The maximum atomic E-state index is 6.18. The maximum Gasteiger partial charge on any atom is 0.226 e. The van der Waals surface area contributed by atoms with Crippen LogP contribution in [0, 0.1) is 0 Å². The Labute approximate surface area is 193 Å². The lowest BCUT2D eigenvalue weighted by atomic mass is 10.2. The van der Waals surface area contributed by atoms with Crippen molar-refractivity contribution in [3.63, 3.8) is 0 Å². The summed E-state index contributed by atoms with van der Waals surface area (Å²) in [6.45, 7) is 0.526. The van der Waals surface area contributed by atoms with Crippen LogP contribution in [0.4, 0.5) is 0 Å². The Morgan fingerprint density at radius 1 is 1.04 bits per heavy atom. The van der Waals surface area contributed by atoms with Crippen LogP contribution >= 0.6 is 81.2 Å². The Morgan fingerprint density at radius 2 is 1.70 bits per heavy atom. The number of hydrogen-bond acceptors (Lipinski definition) is 4. The number of unbranched alkanes of at least 4 members (excludes halogenated alkanes) is 2. The normalized spacial score (nSPS) is 11.5. The topological polar surface area (TPSA) is 40.0 Å². The molecule has 0 fully saturated rings. The van der Waals surface area contributed by atoms with Crippen LogP contribution in [-0.2, 0) is 4.84 Å². The lowest BCUT2D eigenvalue weighted by Gasteiger charge is -2.12. The molecule has 1 aromatic rings. The van der Waals surface area contributed by atoms with E-state index in [1.165, 1.54) is 6.08 Å². The van der Waals surface area contributed by atoms with Crippen LogP contribution in [0.25, 0.3) is 0 Å². The van der Waals surface area contributed by atoms with Crippen LogP contribution in [0.3, 0.4) is 0 Å². The van der Waals surface area contributed by atoms with Gasteiger partial charge in [-0.3, -0.25) is 0 Å². The molecule has 0 aromatic heterocycles. The fraction of sp³-hybridized carbons (Fsp3) is 0.438. The van der Waals surface area contributed by atoms with Crippen LogP contribution in [0.1, 0.15) is 19.3 Å². The van der Waals surface area contributed by atoms with E-state index in [0.717, 1.165) is 12.8 Å². The summed E-state index contributed by atoms with van der Waals surface area (Å²) < 4.78 is 9.70. The van der Waals surface area contributed by atoms with Gasteiger partial charge in [0.05, 0.1) is 16.7 Å². The van der Waals surface area contributed by atoms with Crippen LogP contribution in [-0.4, -0.2) is 29.8 Å². The molecule has 1 aromatic carbocycles. The molecule has 0 saturated heterocycles. The molecule has 0 aliphatic heterocycles. The van der Waals surface area contributed by atoms with Crippen LogP contribution in [0.2, 0.25) is 10.0 Å². The van der Waals surface area contributed by atoms with E-state index in [2.05, 4.69) is 5.16 Å². The van der Waals surface area contributed by atoms with E-state index in [1.807, 2.05) is 0 Å². The van der Waals surface area contributed by atoms with E-state index in [0.29, 0.717) is 34.6 Å². The molecule has 11 heteroatoms. The summed E-state index contributed by atoms with van der Waals surface area (Å²) >= 11 is 39.9. The average molecular weight is 518 g/mol. The lowest BCUT2D eigenvalue weighted by Crippen LogP contribution is -2.10. The standard InChI is InChI=1S/C16H16Cl7NO3/c17-12-8-11(25-7-4-14(19)20)9-13(18)15(12)26-6-3-1-2-5-24-27-10-16(21,22)23/h4-5,8-9H,1-3,6-7,10H2. The fourth-order valence-corrected chi connectivity index (χ4v) is 2.54. The van der Waals surface area contributed by atoms with Gasteiger partial charge >= 0.3 is 0 Å². The molecule has 0 unspecified atom stereocenters. The molecule has 0 atom stereocenters. The highest BCUT2D eigenvalue weighted by Crippen LogP contribution is 2.37. The first-order valence-electron chi connectivity index (χ1n) is 7.65. The van der Waals surface area contributed by atoms with E-state index in [-0.39, 0.29) is 17.7 Å². The van der Waals surface area contributed by atoms with Crippen molar-refractivity contribution in [2.45, 2.75) is 23.1 Å². The summed E-state index contributed by atoms with van der Waals surface area (Å²) in [4.78, 5) is 4.83. The van der Waals surface area contributed by atoms with Crippen molar-refractivity contribution in [2.24, 2.45) is 5.16 Å². The Kier molecular flexibility index (Phi) is 12.4. The Morgan fingerprint density at radius 3 is 2.30 bits per heavy atom. The van der Waals surface area contributed by atoms with Gasteiger partial charge in [-0.25, -0.2) is 0 Å². The van der Waals surface area contributed by atoms with Crippen molar-refractivity contribution in [3.05, 3.63) is 32.7 Å². The zero-order chi connectivity index (χ0) is 20.3. The Balaban J connectivity index is 2.32. The molecule has 0 spiro atoms. The van der Waals surface area contributed by atoms with Crippen molar-refractivity contribution in [3.8, 4) is 11.5 Å². The number of benzene rings is 1. The monoisotopic (exact) mass is 515 g/mol. The van der Waals surface area contributed by atoms with Gasteiger partial charge in [0.1, 0.15) is 16.8 Å². The van der Waals surface area contributed by atoms with E-state index < -0.39 is 3.79 Å². The summed E-state index contributed by atoms with van der Waals surface area (Å²) in [6, 6.07) is 3.21. The molecule has 152 valence electrons. The van der Waals surface area contributed by atoms with Crippen LogP contribution < -0.4 is 9.47 Å². The van der Waals surface area contributed by atoms with E-state index in [4.69, 9.17) is 95.5 Å². The van der Waals surface area contributed by atoms with E-state index >= 15 is 0 Å². The van der Waals surface area contributed by atoms with E-state index in [9.17, 15) is 0 Å². The van der Waals surface area contributed by atoms with Crippen LogP contribution in [0.5, 0.6) is 11.5 Å². The highest BCUT2D eigenvalue weighted by molar-refractivity contribution is 6.67. The second-order valence-electron chi connectivity index (χ2n) is 5.04. The number of ether oxygens (including phenoxy) is 2. The molecule has 0 heterocycles. The number of nitrogens with zero attached hydrogens (tertiary/aromatic N) is 1. The quantitative estimate of drug-likeness (QED) is 0.131. The molecular formula is C16H16Cl7NO3. The smallest absolute Gasteiger partial charge is 0.226 e. The predicted octanol–water partition coefficient (Wildman–Crippen LogP) is 7.61. The largest absolute Gasteiger partial charge is 0.490 e. The maximum absolute atomic E-state index is 6.18. The van der Waals surface area contributed by atoms with Gasteiger partial charge in [-0.05, 0) is 25.3 Å². The Bertz CT molecular complexity index is 620. The van der Waals surface area contributed by atoms with Gasteiger partial charge in [0.15, 0.2) is 12.4 Å². The van der Waals surface area contributed by atoms with Crippen molar-refractivity contribution >= 4 is 87.4 Å². The SMILES string of the molecule is ClC(Cl)=CCOc1cc(Cl)c(OCCCCC=NOCC(Cl)(Cl)Cl)c(Cl)c1. The van der Waals surface area contributed by atoms with Gasteiger partial charge < -0.3 is 14.3 Å². The highest BCUT2D eigenvalue weighted by Gasteiger charge is 2.20. The molecule has 0 amide bonds. The molecule has 27 heavy (non-hydrogen) atoms. The third-order valence-electron chi connectivity index (χ3n) is 2.81. The second kappa shape index (κ2) is 13.3. The van der Waals surface area contributed by atoms with Gasteiger partial charge in [-0.1, -0.05) is 86.4 Å². The number of hydrogen-bond donors (Lipinski definition) is 0. The third-order valence-corrected chi connectivity index (χ3v) is 4.01. The van der Waals surface area contributed by atoms with Crippen molar-refractivity contribution in [2.75, 3.05) is 19.8 Å². The molecule has 1 rings (SSSR count). The van der Waals surface area contributed by atoms with Gasteiger partial charge in [0.25, 0.3) is 0 Å². The minimum absolute atomic E-state index is 0.108. The number of halogens is 7. The van der Waals surface area contributed by atoms with Gasteiger partial charge in [0.2, 0.25) is 3.79 Å². The third kappa shape index (κ3) is 12.3. The molecule has 4 nitrogen and oxygen atoms in total. The molecule has 0 saturated carbocycles. The summed E-state index contributed by atoms with van der Waals surface area (Å²) in [6.07, 6.45) is 5.38. The summed E-state index contributed by atoms with van der Waals surface area (Å²) in [7, 11) is 0. The molecule has 0 N–H and O–H groups in total. The number of oxime groups is 1. The predicted molar refractivity (Wildman–Crippen MR) is 116 cm³/mol. The van der Waals surface area contributed by atoms with Crippen molar-refractivity contribution < 1.29 is 14.3 Å². The number of alkyl halides is 3. The summed E-state index contributed by atoms with van der Waals surface area (Å²) in [5, 5.41) is 4.38. The summed E-state index contributed by atoms with van der Waals surface area (Å²) in [5.41, 5.74) is 0. The first-order chi connectivity index (χ1) is 12.7. The minimum Gasteiger partial charge on any atom is -0.490 e. The molecular weight excluding hydrogens is 502 g/mol. The van der Waals surface area contributed by atoms with Crippen molar-refractivity contribution in [1.82, 2.24) is 0 Å². The minimum atomic E-state index is -1.47. The van der Waals surface area contributed by atoms with Crippen molar-refractivity contribution in [1.29, 1.82) is 0 Å². The highest BCUT2D eigenvalue weighted by atomic mass is 35.6. The number of rotatable bonds is 11. The molecule has 0 aliphatic carbocycles. The van der Waals surface area contributed by atoms with Gasteiger partial charge in [-0.15, -0.1) is 0 Å². The summed E-state index contributed by atoms with van der Waals surface area (Å²) in [5.74, 6) is 0.880. The van der Waals surface area contributed by atoms with E-state index in [1.54, 1.807) is 18.3 Å². The molecule has 0 bridgehead atoms. The first-order valence-corrected chi connectivity index (χ1v) is 10.3. The fourth-order valence-electron chi connectivity index (χ4n) is 1.69. The molecule has 0 aliphatic rings. The zero-order valence-corrected chi connectivity index (χ0v) is 19.2. The van der Waals surface area contributed by atoms with Gasteiger partial charge in [-0.2, -0.15) is 0 Å². The van der Waals surface area contributed by atoms with Gasteiger partial charge in [0, 0.05) is 18.3 Å². The molecule has 0 radical (unpaired) electrons. The lowest BCUT2D eigenvalue weighted by molar-refractivity contribution is 0.150. The average Bonchev–Trinajstić information content (AvgIpc) is 2.54. The first kappa shape index (κ1) is 25.1. The second-order valence-corrected chi connectivity index (χ2v) is 9.38. The Hall–Kier alpha value is 0.0600. The van der Waals surface area contributed by atoms with Crippen LogP contribution in [0.15, 0.2) is 27.9 Å². The zero-order valence-electron chi connectivity index (χ0n) is 13.9.